The van der Waals surface area contributed by atoms with E-state index in [2.05, 4.69) is 23.4 Å². The Morgan fingerprint density at radius 1 is 1.30 bits per heavy atom. The summed E-state index contributed by atoms with van der Waals surface area (Å²) >= 11 is 0. The highest BCUT2D eigenvalue weighted by Gasteiger charge is 2.39. The summed E-state index contributed by atoms with van der Waals surface area (Å²) in [6.07, 6.45) is 5.40. The fourth-order valence-corrected chi connectivity index (χ4v) is 3.44. The van der Waals surface area contributed by atoms with Crippen LogP contribution in [-0.4, -0.2) is 37.5 Å². The first-order valence-electron chi connectivity index (χ1n) is 7.79. The van der Waals surface area contributed by atoms with Gasteiger partial charge in [0.15, 0.2) is 0 Å². The third kappa shape index (κ3) is 2.83. The lowest BCUT2D eigenvalue weighted by atomic mass is 9.70. The molecule has 1 N–H and O–H groups in total. The van der Waals surface area contributed by atoms with Gasteiger partial charge in [0, 0.05) is 31.0 Å². The topological polar surface area (TPSA) is 32.3 Å². The number of carbonyl (C=O) groups is 1. The number of rotatable bonds is 5. The van der Waals surface area contributed by atoms with Crippen LogP contribution in [0.1, 0.15) is 39.0 Å². The number of carbonyl (C=O) groups excluding carboxylic acids is 1. The first-order chi connectivity index (χ1) is 9.50. The van der Waals surface area contributed by atoms with E-state index in [4.69, 9.17) is 0 Å². The van der Waals surface area contributed by atoms with Crippen LogP contribution in [0, 0.1) is 11.3 Å². The maximum atomic E-state index is 12.3. The van der Waals surface area contributed by atoms with Crippen molar-refractivity contribution in [2.45, 2.75) is 39.0 Å². The van der Waals surface area contributed by atoms with Crippen molar-refractivity contribution in [1.29, 1.82) is 0 Å². The van der Waals surface area contributed by atoms with Crippen molar-refractivity contribution in [3.05, 3.63) is 24.3 Å². The molecule has 0 aromatic heterocycles. The van der Waals surface area contributed by atoms with Crippen LogP contribution in [0.4, 0.5) is 0 Å². The third-order valence-corrected chi connectivity index (χ3v) is 5.16. The molecular weight excluding hydrogens is 248 g/mol. The zero-order valence-electron chi connectivity index (χ0n) is 13.0. The summed E-state index contributed by atoms with van der Waals surface area (Å²) in [5.41, 5.74) is 2.30. The SMILES string of the molecule is C=C(C)C(=C)C1(CNC)CCN(C(=O)C2CCC2)CC1. The first kappa shape index (κ1) is 15.3. The van der Waals surface area contributed by atoms with E-state index < -0.39 is 0 Å². The van der Waals surface area contributed by atoms with Gasteiger partial charge in [-0.3, -0.25) is 4.79 Å². The summed E-state index contributed by atoms with van der Waals surface area (Å²) in [7, 11) is 1.99. The molecule has 0 spiro atoms. The molecule has 0 unspecified atom stereocenters. The summed E-state index contributed by atoms with van der Waals surface area (Å²) in [5, 5.41) is 3.30. The third-order valence-electron chi connectivity index (χ3n) is 5.16. The van der Waals surface area contributed by atoms with E-state index >= 15 is 0 Å². The Balaban J connectivity index is 2.00. The van der Waals surface area contributed by atoms with E-state index in [1.54, 1.807) is 0 Å². The Labute approximate surface area is 123 Å². The van der Waals surface area contributed by atoms with Crippen LogP contribution < -0.4 is 5.32 Å². The lowest BCUT2D eigenvalue weighted by Gasteiger charge is -2.45. The molecule has 0 radical (unpaired) electrons. The largest absolute Gasteiger partial charge is 0.342 e. The molecule has 1 aliphatic carbocycles. The minimum atomic E-state index is 0.0803. The van der Waals surface area contributed by atoms with Crippen molar-refractivity contribution in [1.82, 2.24) is 10.2 Å². The molecular formula is C17H28N2O. The number of hydrogen-bond donors (Lipinski definition) is 1. The average molecular weight is 276 g/mol. The number of nitrogens with zero attached hydrogens (tertiary/aromatic N) is 1. The molecule has 1 heterocycles. The molecule has 0 aromatic rings. The summed E-state index contributed by atoms with van der Waals surface area (Å²) in [6.45, 7) is 13.0. The lowest BCUT2D eigenvalue weighted by molar-refractivity contribution is -0.140. The molecule has 112 valence electrons. The molecule has 0 aromatic carbocycles. The maximum absolute atomic E-state index is 12.3. The van der Waals surface area contributed by atoms with Crippen LogP contribution in [0.3, 0.4) is 0 Å². The van der Waals surface area contributed by atoms with Gasteiger partial charge in [0.25, 0.3) is 0 Å². The number of likely N-dealkylation sites (tertiary alicyclic amines) is 1. The number of piperidine rings is 1. The highest BCUT2D eigenvalue weighted by Crippen LogP contribution is 2.41. The van der Waals surface area contributed by atoms with Crippen molar-refractivity contribution >= 4 is 5.91 Å². The molecule has 1 aliphatic heterocycles. The highest BCUT2D eigenvalue weighted by molar-refractivity contribution is 5.79. The summed E-state index contributed by atoms with van der Waals surface area (Å²) in [6, 6.07) is 0. The second-order valence-electron chi connectivity index (χ2n) is 6.52. The number of allylic oxidation sites excluding steroid dienone is 1. The smallest absolute Gasteiger partial charge is 0.225 e. The van der Waals surface area contributed by atoms with E-state index in [0.29, 0.717) is 11.8 Å². The fraction of sp³-hybridized carbons (Fsp3) is 0.706. The molecule has 1 amide bonds. The fourth-order valence-electron chi connectivity index (χ4n) is 3.44. The average Bonchev–Trinajstić information content (AvgIpc) is 2.36. The van der Waals surface area contributed by atoms with E-state index in [9.17, 15) is 4.79 Å². The van der Waals surface area contributed by atoms with Crippen molar-refractivity contribution < 1.29 is 4.79 Å². The van der Waals surface area contributed by atoms with E-state index in [-0.39, 0.29) is 5.41 Å². The van der Waals surface area contributed by atoms with Crippen LogP contribution in [0.2, 0.25) is 0 Å². The van der Waals surface area contributed by atoms with Gasteiger partial charge in [0.2, 0.25) is 5.91 Å². The predicted molar refractivity (Wildman–Crippen MR) is 83.5 cm³/mol. The van der Waals surface area contributed by atoms with E-state index in [1.807, 2.05) is 14.0 Å². The molecule has 0 bridgehead atoms. The van der Waals surface area contributed by atoms with Gasteiger partial charge in [-0.05, 0) is 45.2 Å². The second kappa shape index (κ2) is 6.13. The minimum absolute atomic E-state index is 0.0803. The summed E-state index contributed by atoms with van der Waals surface area (Å²) < 4.78 is 0. The molecule has 2 fully saturated rings. The number of hydrogen-bond acceptors (Lipinski definition) is 2. The number of amides is 1. The van der Waals surface area contributed by atoms with Crippen LogP contribution in [0.15, 0.2) is 24.3 Å². The zero-order valence-corrected chi connectivity index (χ0v) is 13.0. The minimum Gasteiger partial charge on any atom is -0.342 e. The Bertz CT molecular complexity index is 401. The number of nitrogens with one attached hydrogen (secondary N) is 1. The van der Waals surface area contributed by atoms with Crippen molar-refractivity contribution in [3.63, 3.8) is 0 Å². The normalized spacial score (nSPS) is 22.2. The Morgan fingerprint density at radius 3 is 2.30 bits per heavy atom. The van der Waals surface area contributed by atoms with Crippen molar-refractivity contribution in [2.75, 3.05) is 26.7 Å². The lowest BCUT2D eigenvalue weighted by Crippen LogP contribution is -2.49. The van der Waals surface area contributed by atoms with Crippen molar-refractivity contribution in [2.24, 2.45) is 11.3 Å². The quantitative estimate of drug-likeness (QED) is 0.783. The van der Waals surface area contributed by atoms with Gasteiger partial charge in [-0.2, -0.15) is 0 Å². The van der Waals surface area contributed by atoms with Gasteiger partial charge in [0.05, 0.1) is 0 Å². The van der Waals surface area contributed by atoms with Crippen LogP contribution in [-0.2, 0) is 4.79 Å². The van der Waals surface area contributed by atoms with E-state index in [1.165, 1.54) is 6.42 Å². The van der Waals surface area contributed by atoms with Gasteiger partial charge in [-0.1, -0.05) is 25.2 Å². The zero-order chi connectivity index (χ0) is 14.8. The van der Waals surface area contributed by atoms with Crippen molar-refractivity contribution in [3.8, 4) is 0 Å². The molecule has 2 aliphatic rings. The molecule has 3 heteroatoms. The van der Waals surface area contributed by atoms with Gasteiger partial charge >= 0.3 is 0 Å². The van der Waals surface area contributed by atoms with E-state index in [0.717, 1.165) is 56.5 Å². The molecule has 3 nitrogen and oxygen atoms in total. The maximum Gasteiger partial charge on any atom is 0.225 e. The molecule has 2 rings (SSSR count). The van der Waals surface area contributed by atoms with Gasteiger partial charge in [0.1, 0.15) is 0 Å². The Hall–Kier alpha value is -1.09. The van der Waals surface area contributed by atoms with Gasteiger partial charge in [-0.25, -0.2) is 0 Å². The summed E-state index contributed by atoms with van der Waals surface area (Å²) in [4.78, 5) is 14.4. The predicted octanol–water partition coefficient (Wildman–Crippen LogP) is 2.75. The molecule has 1 saturated carbocycles. The molecule has 0 atom stereocenters. The monoisotopic (exact) mass is 276 g/mol. The Kier molecular flexibility index (Phi) is 4.69. The standard InChI is InChI=1S/C17H28N2O/c1-13(2)14(3)17(12-18-4)8-10-19(11-9-17)16(20)15-6-5-7-15/h15,18H,1,3,5-12H2,2,4H3. The molecule has 20 heavy (non-hydrogen) atoms. The molecule has 1 saturated heterocycles. The Morgan fingerprint density at radius 2 is 1.90 bits per heavy atom. The van der Waals surface area contributed by atoms with Gasteiger partial charge in [-0.15, -0.1) is 0 Å². The summed E-state index contributed by atoms with van der Waals surface area (Å²) in [5.74, 6) is 0.700. The second-order valence-corrected chi connectivity index (χ2v) is 6.52. The van der Waals surface area contributed by atoms with Crippen LogP contribution in [0.25, 0.3) is 0 Å². The van der Waals surface area contributed by atoms with Gasteiger partial charge < -0.3 is 10.2 Å². The van der Waals surface area contributed by atoms with Crippen LogP contribution >= 0.6 is 0 Å². The van der Waals surface area contributed by atoms with Crippen LogP contribution in [0.5, 0.6) is 0 Å². The highest BCUT2D eigenvalue weighted by atomic mass is 16.2. The first-order valence-corrected chi connectivity index (χ1v) is 7.79.